The van der Waals surface area contributed by atoms with Crippen molar-refractivity contribution >= 4 is 17.3 Å². The molecule has 0 bridgehead atoms. The van der Waals surface area contributed by atoms with Crippen molar-refractivity contribution in [1.29, 1.82) is 0 Å². The Kier molecular flexibility index (Phi) is 3.67. The average Bonchev–Trinajstić information content (AvgIpc) is 2.96. The first kappa shape index (κ1) is 15.1. The molecule has 1 aliphatic heterocycles. The molecule has 2 aliphatic rings. The topological polar surface area (TPSA) is 68.6 Å². The summed E-state index contributed by atoms with van der Waals surface area (Å²) < 4.78 is 15.4. The quantitative estimate of drug-likeness (QED) is 0.913. The number of nitrogens with two attached hydrogens (primary N) is 1. The number of fused-ring (bicyclic) bond motifs is 1. The third-order valence-electron chi connectivity index (χ3n) is 4.98. The Morgan fingerprint density at radius 3 is 3.04 bits per heavy atom. The van der Waals surface area contributed by atoms with E-state index < -0.39 is 0 Å². The smallest absolute Gasteiger partial charge is 0.240 e. The zero-order valence-corrected chi connectivity index (χ0v) is 13.6. The standard InChI is InChI=1S/C18H20FN5/c1-11-9-12(4-6-15(11)19)17-14(3-2-8-21-17)13-5-7-16-22-18(20)23-24(16)10-13/h2,5,7-8,10,12,14H,3-4,6,9H2,1H3,(H2,20,23). The number of nitrogens with zero attached hydrogens (tertiary/aromatic N) is 4. The molecule has 2 aromatic rings. The third-order valence-corrected chi connectivity index (χ3v) is 4.98. The molecule has 0 amide bonds. The van der Waals surface area contributed by atoms with Crippen molar-refractivity contribution in [3.05, 3.63) is 47.6 Å². The van der Waals surface area contributed by atoms with Gasteiger partial charge in [0.25, 0.3) is 0 Å². The zero-order chi connectivity index (χ0) is 16.7. The van der Waals surface area contributed by atoms with E-state index in [0.717, 1.165) is 41.8 Å². The number of hydrogen-bond donors (Lipinski definition) is 1. The maximum absolute atomic E-state index is 13.7. The normalized spacial score (nSPS) is 24.5. The number of hydrogen-bond acceptors (Lipinski definition) is 4. The SMILES string of the molecule is CC1=C(F)CCC(C2=NC=CCC2c2ccc3nc(N)nn3c2)C1. The lowest BCUT2D eigenvalue weighted by Gasteiger charge is -2.30. The van der Waals surface area contributed by atoms with E-state index in [-0.39, 0.29) is 17.7 Å². The lowest BCUT2D eigenvalue weighted by molar-refractivity contribution is 0.470. The summed E-state index contributed by atoms with van der Waals surface area (Å²) in [5, 5.41) is 4.20. The minimum Gasteiger partial charge on any atom is -0.366 e. The second-order valence-electron chi connectivity index (χ2n) is 6.59. The van der Waals surface area contributed by atoms with Crippen molar-refractivity contribution in [2.24, 2.45) is 10.9 Å². The highest BCUT2D eigenvalue weighted by Crippen LogP contribution is 2.37. The molecule has 0 aromatic carbocycles. The summed E-state index contributed by atoms with van der Waals surface area (Å²) >= 11 is 0. The summed E-state index contributed by atoms with van der Waals surface area (Å²) in [6.45, 7) is 1.89. The molecule has 6 heteroatoms. The van der Waals surface area contributed by atoms with E-state index in [1.165, 1.54) is 0 Å². The predicted molar refractivity (Wildman–Crippen MR) is 92.5 cm³/mol. The van der Waals surface area contributed by atoms with Crippen LogP contribution in [0.4, 0.5) is 10.3 Å². The monoisotopic (exact) mass is 325 g/mol. The summed E-state index contributed by atoms with van der Waals surface area (Å²) in [5.41, 5.74) is 9.56. The lowest BCUT2D eigenvalue weighted by Crippen LogP contribution is -2.26. The predicted octanol–water partition coefficient (Wildman–Crippen LogP) is 3.80. The van der Waals surface area contributed by atoms with Crippen LogP contribution in [0.3, 0.4) is 0 Å². The Morgan fingerprint density at radius 1 is 1.33 bits per heavy atom. The van der Waals surface area contributed by atoms with E-state index in [9.17, 15) is 4.39 Å². The molecule has 2 N–H and O–H groups in total. The van der Waals surface area contributed by atoms with Gasteiger partial charge in [0.15, 0.2) is 5.65 Å². The molecule has 124 valence electrons. The highest BCUT2D eigenvalue weighted by molar-refractivity contribution is 5.94. The second-order valence-corrected chi connectivity index (χ2v) is 6.59. The summed E-state index contributed by atoms with van der Waals surface area (Å²) in [6, 6.07) is 4.00. The van der Waals surface area contributed by atoms with Gasteiger partial charge >= 0.3 is 0 Å². The Bertz CT molecular complexity index is 877. The molecule has 1 aliphatic carbocycles. The lowest BCUT2D eigenvalue weighted by atomic mass is 9.77. The van der Waals surface area contributed by atoms with Gasteiger partial charge in [-0.2, -0.15) is 4.98 Å². The Morgan fingerprint density at radius 2 is 2.21 bits per heavy atom. The fourth-order valence-electron chi connectivity index (χ4n) is 3.71. The minimum atomic E-state index is 0.0502. The van der Waals surface area contributed by atoms with Gasteiger partial charge in [-0.25, -0.2) is 8.91 Å². The molecule has 0 saturated heterocycles. The van der Waals surface area contributed by atoms with Gasteiger partial charge in [0.05, 0.1) is 5.83 Å². The molecule has 4 rings (SSSR count). The molecule has 0 spiro atoms. The Hall–Kier alpha value is -2.50. The highest BCUT2D eigenvalue weighted by Gasteiger charge is 2.30. The van der Waals surface area contributed by atoms with Crippen molar-refractivity contribution in [3.8, 4) is 0 Å². The van der Waals surface area contributed by atoms with Gasteiger partial charge in [0, 0.05) is 29.9 Å². The van der Waals surface area contributed by atoms with E-state index >= 15 is 0 Å². The van der Waals surface area contributed by atoms with Crippen LogP contribution in [0.5, 0.6) is 0 Å². The number of aliphatic imine (C=N–C) groups is 1. The number of aromatic nitrogens is 3. The van der Waals surface area contributed by atoms with Gasteiger partial charge < -0.3 is 5.73 Å². The molecule has 0 saturated carbocycles. The fraction of sp³-hybridized carbons (Fsp3) is 0.389. The van der Waals surface area contributed by atoms with Crippen LogP contribution in [-0.4, -0.2) is 20.3 Å². The zero-order valence-electron chi connectivity index (χ0n) is 13.6. The van der Waals surface area contributed by atoms with Crippen LogP contribution in [0.2, 0.25) is 0 Å². The Labute approximate surface area is 139 Å². The highest BCUT2D eigenvalue weighted by atomic mass is 19.1. The van der Waals surface area contributed by atoms with Gasteiger partial charge in [-0.3, -0.25) is 4.99 Å². The molecule has 2 unspecified atom stereocenters. The first-order valence-corrected chi connectivity index (χ1v) is 8.30. The number of allylic oxidation sites excluding steroid dienone is 3. The molecular formula is C18H20FN5. The molecule has 2 aromatic heterocycles. The molecule has 0 fully saturated rings. The summed E-state index contributed by atoms with van der Waals surface area (Å²) in [7, 11) is 0. The molecular weight excluding hydrogens is 305 g/mol. The van der Waals surface area contributed by atoms with E-state index in [2.05, 4.69) is 27.2 Å². The van der Waals surface area contributed by atoms with Crippen LogP contribution >= 0.6 is 0 Å². The van der Waals surface area contributed by atoms with Crippen LogP contribution in [0.25, 0.3) is 5.65 Å². The first-order valence-electron chi connectivity index (χ1n) is 8.30. The van der Waals surface area contributed by atoms with Crippen molar-refractivity contribution in [2.75, 3.05) is 5.73 Å². The summed E-state index contributed by atoms with van der Waals surface area (Å²) in [6.07, 6.45) is 8.94. The van der Waals surface area contributed by atoms with Gasteiger partial charge in [-0.05, 0) is 49.8 Å². The Balaban J connectivity index is 1.68. The third kappa shape index (κ3) is 2.62. The van der Waals surface area contributed by atoms with Crippen LogP contribution in [-0.2, 0) is 0 Å². The van der Waals surface area contributed by atoms with Gasteiger partial charge in [0.2, 0.25) is 5.95 Å². The molecule has 0 radical (unpaired) electrons. The second kappa shape index (κ2) is 5.85. The van der Waals surface area contributed by atoms with Gasteiger partial charge in [0.1, 0.15) is 0 Å². The maximum Gasteiger partial charge on any atom is 0.240 e. The van der Waals surface area contributed by atoms with Crippen molar-refractivity contribution in [3.63, 3.8) is 0 Å². The first-order chi connectivity index (χ1) is 11.6. The van der Waals surface area contributed by atoms with E-state index in [1.54, 1.807) is 4.52 Å². The van der Waals surface area contributed by atoms with Crippen molar-refractivity contribution in [1.82, 2.24) is 14.6 Å². The van der Waals surface area contributed by atoms with E-state index in [0.29, 0.717) is 12.3 Å². The minimum absolute atomic E-state index is 0.0502. The van der Waals surface area contributed by atoms with Crippen LogP contribution in [0.15, 0.2) is 47.0 Å². The molecule has 2 atom stereocenters. The van der Waals surface area contributed by atoms with Crippen LogP contribution < -0.4 is 5.73 Å². The number of pyridine rings is 1. The average molecular weight is 325 g/mol. The molecule has 24 heavy (non-hydrogen) atoms. The molecule has 5 nitrogen and oxygen atoms in total. The van der Waals surface area contributed by atoms with Gasteiger partial charge in [-0.15, -0.1) is 5.10 Å². The summed E-state index contributed by atoms with van der Waals surface area (Å²) in [5.74, 6) is 0.821. The number of nitrogen functional groups attached to an aromatic ring is 1. The van der Waals surface area contributed by atoms with E-state index in [1.807, 2.05) is 25.4 Å². The molecule has 3 heterocycles. The summed E-state index contributed by atoms with van der Waals surface area (Å²) in [4.78, 5) is 8.84. The van der Waals surface area contributed by atoms with E-state index in [4.69, 9.17) is 5.73 Å². The van der Waals surface area contributed by atoms with Crippen molar-refractivity contribution in [2.45, 2.75) is 38.5 Å². The number of anilines is 1. The van der Waals surface area contributed by atoms with Crippen LogP contribution in [0.1, 0.15) is 44.1 Å². The van der Waals surface area contributed by atoms with Crippen LogP contribution in [0, 0.1) is 5.92 Å². The maximum atomic E-state index is 13.7. The van der Waals surface area contributed by atoms with Gasteiger partial charge in [-0.1, -0.05) is 12.1 Å². The number of halogens is 1. The number of rotatable bonds is 2. The fourth-order valence-corrected chi connectivity index (χ4v) is 3.71. The largest absolute Gasteiger partial charge is 0.366 e. The van der Waals surface area contributed by atoms with Crippen molar-refractivity contribution < 1.29 is 4.39 Å².